The molecule has 0 bridgehead atoms. The van der Waals surface area contributed by atoms with Gasteiger partial charge >= 0.3 is 11.9 Å². The van der Waals surface area contributed by atoms with Gasteiger partial charge in [-0.05, 0) is 36.4 Å². The number of pyridine rings is 1. The van der Waals surface area contributed by atoms with Crippen LogP contribution in [-0.2, 0) is 5.75 Å². The molecule has 2 aromatic carbocycles. The van der Waals surface area contributed by atoms with E-state index in [-0.39, 0.29) is 0 Å². The molecule has 4 aromatic rings. The molecule has 0 aliphatic carbocycles. The SMILES string of the molecule is O=C(O)c1ccccc1SSCc1cccc[n+]1-c1nc2ccccc2[nH]1. The van der Waals surface area contributed by atoms with Crippen molar-refractivity contribution in [3.05, 3.63) is 84.2 Å². The fraction of sp³-hybridized carbons (Fsp3) is 0.0500. The summed E-state index contributed by atoms with van der Waals surface area (Å²) in [4.78, 5) is 20.1. The van der Waals surface area contributed by atoms with Gasteiger partial charge in [0.25, 0.3) is 0 Å². The fourth-order valence-corrected chi connectivity index (χ4v) is 5.00. The number of rotatable bonds is 6. The van der Waals surface area contributed by atoms with Gasteiger partial charge in [0.05, 0.1) is 23.2 Å². The minimum atomic E-state index is -0.907. The molecule has 0 saturated heterocycles. The third-order valence-electron chi connectivity index (χ3n) is 4.02. The Bertz CT molecular complexity index is 1080. The van der Waals surface area contributed by atoms with Crippen molar-refractivity contribution < 1.29 is 14.5 Å². The summed E-state index contributed by atoms with van der Waals surface area (Å²) in [7, 11) is 3.07. The summed E-state index contributed by atoms with van der Waals surface area (Å²) in [6.07, 6.45) is 1.98. The Labute approximate surface area is 163 Å². The molecular formula is C20H16N3O2S2+. The van der Waals surface area contributed by atoms with Gasteiger partial charge in [0.2, 0.25) is 0 Å². The summed E-state index contributed by atoms with van der Waals surface area (Å²) in [5.41, 5.74) is 3.31. The van der Waals surface area contributed by atoms with Crippen molar-refractivity contribution in [2.45, 2.75) is 10.6 Å². The zero-order valence-corrected chi connectivity index (χ0v) is 15.8. The molecule has 0 amide bonds. The topological polar surface area (TPSA) is 69.9 Å². The zero-order chi connectivity index (χ0) is 18.6. The number of aromatic carboxylic acids is 1. The van der Waals surface area contributed by atoms with E-state index >= 15 is 0 Å². The lowest BCUT2D eigenvalue weighted by Crippen LogP contribution is -2.36. The van der Waals surface area contributed by atoms with Crippen LogP contribution in [0.4, 0.5) is 0 Å². The van der Waals surface area contributed by atoms with Crippen LogP contribution in [0.5, 0.6) is 0 Å². The first-order chi connectivity index (χ1) is 13.2. The van der Waals surface area contributed by atoms with E-state index in [0.29, 0.717) is 11.3 Å². The van der Waals surface area contributed by atoms with Crippen molar-refractivity contribution in [3.63, 3.8) is 0 Å². The standard InChI is InChI=1S/C20H15N3O2S2/c24-19(25)15-8-1-4-11-18(15)27-26-13-14-7-5-6-12-23(14)20-21-16-9-2-3-10-17(16)22-20/h1-12H,13H2,(H-,21,22,24,25)/p+1. The molecule has 5 nitrogen and oxygen atoms in total. The second-order valence-electron chi connectivity index (χ2n) is 5.79. The number of carboxylic acid groups (broad SMARTS) is 1. The Morgan fingerprint density at radius 3 is 2.67 bits per heavy atom. The van der Waals surface area contributed by atoms with Crippen molar-refractivity contribution >= 4 is 38.6 Å². The van der Waals surface area contributed by atoms with Crippen LogP contribution in [0.3, 0.4) is 0 Å². The lowest BCUT2D eigenvalue weighted by atomic mass is 10.2. The van der Waals surface area contributed by atoms with E-state index in [1.54, 1.807) is 22.9 Å². The highest BCUT2D eigenvalue weighted by molar-refractivity contribution is 8.76. The van der Waals surface area contributed by atoms with E-state index < -0.39 is 5.97 Å². The van der Waals surface area contributed by atoms with E-state index in [2.05, 4.69) is 9.97 Å². The number of aromatic amines is 1. The fourth-order valence-electron chi connectivity index (χ4n) is 2.73. The van der Waals surface area contributed by atoms with Crippen molar-refractivity contribution in [1.82, 2.24) is 9.97 Å². The second-order valence-corrected chi connectivity index (χ2v) is 8.12. The van der Waals surface area contributed by atoms with Crippen LogP contribution in [0.15, 0.2) is 77.8 Å². The number of imidazole rings is 1. The van der Waals surface area contributed by atoms with E-state index in [9.17, 15) is 9.90 Å². The van der Waals surface area contributed by atoms with Crippen molar-refractivity contribution in [1.29, 1.82) is 0 Å². The maximum Gasteiger partial charge on any atom is 0.402 e. The molecule has 27 heavy (non-hydrogen) atoms. The van der Waals surface area contributed by atoms with E-state index in [1.807, 2.05) is 65.4 Å². The molecule has 0 unspecified atom stereocenters. The normalized spacial score (nSPS) is 11.0. The summed E-state index contributed by atoms with van der Waals surface area (Å²) < 4.78 is 2.02. The summed E-state index contributed by atoms with van der Waals surface area (Å²) in [6.45, 7) is 0. The molecule has 2 N–H and O–H groups in total. The van der Waals surface area contributed by atoms with Crippen LogP contribution < -0.4 is 4.57 Å². The van der Waals surface area contributed by atoms with E-state index in [1.165, 1.54) is 10.8 Å². The van der Waals surface area contributed by atoms with Gasteiger partial charge < -0.3 is 5.11 Å². The third kappa shape index (κ3) is 3.84. The first-order valence-corrected chi connectivity index (χ1v) is 10.6. The van der Waals surface area contributed by atoms with Crippen molar-refractivity contribution in [2.24, 2.45) is 0 Å². The Hall–Kier alpha value is -2.77. The quantitative estimate of drug-likeness (QED) is 0.373. The number of nitrogens with zero attached hydrogens (tertiary/aromatic N) is 2. The summed E-state index contributed by atoms with van der Waals surface area (Å²) >= 11 is 0. The first kappa shape index (κ1) is 17.6. The molecular weight excluding hydrogens is 378 g/mol. The number of benzene rings is 2. The molecule has 2 aromatic heterocycles. The van der Waals surface area contributed by atoms with E-state index in [0.717, 1.165) is 27.6 Å². The van der Waals surface area contributed by atoms with Crippen LogP contribution >= 0.6 is 21.6 Å². The predicted octanol–water partition coefficient (Wildman–Crippen LogP) is 4.48. The maximum atomic E-state index is 11.3. The number of para-hydroxylation sites is 2. The molecule has 0 atom stereocenters. The van der Waals surface area contributed by atoms with Gasteiger partial charge in [-0.25, -0.2) is 14.3 Å². The molecule has 0 aliphatic rings. The van der Waals surface area contributed by atoms with Crippen LogP contribution in [0, 0.1) is 0 Å². The molecule has 0 aliphatic heterocycles. The van der Waals surface area contributed by atoms with Gasteiger partial charge in [0.15, 0.2) is 5.52 Å². The molecule has 134 valence electrons. The molecule has 0 fully saturated rings. The van der Waals surface area contributed by atoms with Crippen LogP contribution in [0.1, 0.15) is 16.1 Å². The maximum absolute atomic E-state index is 11.3. The van der Waals surface area contributed by atoms with Crippen molar-refractivity contribution in [2.75, 3.05) is 0 Å². The Morgan fingerprint density at radius 2 is 1.81 bits per heavy atom. The monoisotopic (exact) mass is 394 g/mol. The zero-order valence-electron chi connectivity index (χ0n) is 14.2. The highest BCUT2D eigenvalue weighted by Crippen LogP contribution is 2.35. The third-order valence-corrected chi connectivity index (χ3v) is 6.34. The molecule has 2 heterocycles. The number of carbonyl (C=O) groups is 1. The molecule has 0 radical (unpaired) electrons. The average Bonchev–Trinajstić information content (AvgIpc) is 3.12. The Balaban J connectivity index is 1.55. The molecule has 7 heteroatoms. The second kappa shape index (κ2) is 7.85. The number of aromatic nitrogens is 3. The minimum absolute atomic E-state index is 0.327. The van der Waals surface area contributed by atoms with Crippen LogP contribution in [0.25, 0.3) is 17.0 Å². The largest absolute Gasteiger partial charge is 0.478 e. The number of hydrogen-bond acceptors (Lipinski definition) is 4. The summed E-state index contributed by atoms with van der Waals surface area (Å²) in [6, 6.07) is 21.0. The number of H-pyrrole nitrogens is 1. The smallest absolute Gasteiger partial charge is 0.402 e. The van der Waals surface area contributed by atoms with Crippen LogP contribution in [0.2, 0.25) is 0 Å². The highest BCUT2D eigenvalue weighted by Gasteiger charge is 2.17. The van der Waals surface area contributed by atoms with Gasteiger partial charge in [-0.1, -0.05) is 56.9 Å². The lowest BCUT2D eigenvalue weighted by molar-refractivity contribution is -0.610. The van der Waals surface area contributed by atoms with Crippen molar-refractivity contribution in [3.8, 4) is 5.95 Å². The highest BCUT2D eigenvalue weighted by atomic mass is 33.1. The number of nitrogens with one attached hydrogen (secondary N) is 1. The molecule has 0 spiro atoms. The number of hydrogen-bond donors (Lipinski definition) is 2. The molecule has 4 rings (SSSR count). The van der Waals surface area contributed by atoms with Gasteiger partial charge in [-0.2, -0.15) is 0 Å². The summed E-state index contributed by atoms with van der Waals surface area (Å²) in [5, 5.41) is 9.30. The average molecular weight is 395 g/mol. The number of fused-ring (bicyclic) bond motifs is 1. The minimum Gasteiger partial charge on any atom is -0.478 e. The number of carboxylic acids is 1. The van der Waals surface area contributed by atoms with Gasteiger partial charge in [0, 0.05) is 4.90 Å². The predicted molar refractivity (Wildman–Crippen MR) is 108 cm³/mol. The lowest BCUT2D eigenvalue weighted by Gasteiger charge is -2.06. The Morgan fingerprint density at radius 1 is 1.04 bits per heavy atom. The Kier molecular flexibility index (Phi) is 5.13. The van der Waals surface area contributed by atoms with Gasteiger partial charge in [-0.15, -0.1) is 0 Å². The molecule has 0 saturated carbocycles. The van der Waals surface area contributed by atoms with Gasteiger partial charge in [-0.3, -0.25) is 0 Å². The van der Waals surface area contributed by atoms with E-state index in [4.69, 9.17) is 0 Å². The van der Waals surface area contributed by atoms with Gasteiger partial charge in [0.1, 0.15) is 5.52 Å². The summed E-state index contributed by atoms with van der Waals surface area (Å²) in [5.74, 6) is 0.565. The first-order valence-electron chi connectivity index (χ1n) is 8.29. The van der Waals surface area contributed by atoms with Crippen LogP contribution in [-0.4, -0.2) is 21.0 Å².